The van der Waals surface area contributed by atoms with Crippen molar-refractivity contribution in [2.24, 2.45) is 4.36 Å². The van der Waals surface area contributed by atoms with Crippen LogP contribution in [0.15, 0.2) is 22.6 Å². The van der Waals surface area contributed by atoms with E-state index in [-0.39, 0.29) is 11.5 Å². The Morgan fingerprint density at radius 2 is 2.25 bits per heavy atom. The van der Waals surface area contributed by atoms with Crippen LogP contribution < -0.4 is 4.74 Å². The topological polar surface area (TPSA) is 38.7 Å². The van der Waals surface area contributed by atoms with E-state index in [0.717, 1.165) is 11.3 Å². The van der Waals surface area contributed by atoms with Crippen LogP contribution in [-0.2, 0) is 11.5 Å². The average molecular weight is 183 g/mol. The van der Waals surface area contributed by atoms with Gasteiger partial charge in [-0.1, -0.05) is 6.07 Å². The summed E-state index contributed by atoms with van der Waals surface area (Å²) in [7, 11) is 1.59. The molecule has 1 aromatic carbocycles. The summed E-state index contributed by atoms with van der Waals surface area (Å²) in [4.78, 5) is 0. The van der Waals surface area contributed by atoms with Crippen LogP contribution in [0.4, 0.5) is 5.69 Å². The maximum absolute atomic E-state index is 10.2. The molecule has 3 nitrogen and oxygen atoms in total. The molecule has 0 aliphatic rings. The van der Waals surface area contributed by atoms with Crippen LogP contribution in [0, 0.1) is 6.92 Å². The van der Waals surface area contributed by atoms with Gasteiger partial charge in [-0.15, -0.1) is 0 Å². The van der Waals surface area contributed by atoms with Gasteiger partial charge in [-0.25, -0.2) is 0 Å². The summed E-state index contributed by atoms with van der Waals surface area (Å²) >= 11 is 0.208. The van der Waals surface area contributed by atoms with Crippen molar-refractivity contribution in [2.45, 2.75) is 6.92 Å². The minimum absolute atomic E-state index is 0.208. The molecule has 0 heterocycles. The smallest absolute Gasteiger partial charge is 0.205 e. The predicted octanol–water partition coefficient (Wildman–Crippen LogP) is 2.03. The molecule has 4 heteroatoms. The summed E-state index contributed by atoms with van der Waals surface area (Å²) in [5, 5.41) is 0. The van der Waals surface area contributed by atoms with Crippen molar-refractivity contribution in [3.63, 3.8) is 0 Å². The number of ether oxygens (including phenoxy) is 1. The Morgan fingerprint density at radius 1 is 1.50 bits per heavy atom. The first kappa shape index (κ1) is 8.93. The van der Waals surface area contributed by atoms with E-state index < -0.39 is 0 Å². The van der Waals surface area contributed by atoms with E-state index in [1.807, 2.05) is 13.0 Å². The summed E-state index contributed by atoms with van der Waals surface area (Å²) in [6.07, 6.45) is 0. The molecule has 0 amide bonds. The molecule has 0 saturated heterocycles. The lowest BCUT2D eigenvalue weighted by Crippen LogP contribution is -1.85. The van der Waals surface area contributed by atoms with E-state index in [1.165, 1.54) is 0 Å². The number of hydrogen-bond acceptors (Lipinski definition) is 3. The van der Waals surface area contributed by atoms with Crippen molar-refractivity contribution in [3.8, 4) is 5.75 Å². The quantitative estimate of drug-likeness (QED) is 0.703. The monoisotopic (exact) mass is 183 g/mol. The highest BCUT2D eigenvalue weighted by Crippen LogP contribution is 2.26. The summed E-state index contributed by atoms with van der Waals surface area (Å²) in [5.41, 5.74) is 1.57. The van der Waals surface area contributed by atoms with Crippen LogP contribution >= 0.6 is 0 Å². The molecule has 0 N–H and O–H groups in total. The molecule has 0 atom stereocenters. The zero-order chi connectivity index (χ0) is 8.97. The maximum Gasteiger partial charge on any atom is 0.205 e. The number of nitrogens with zero attached hydrogens (tertiary/aromatic N) is 1. The van der Waals surface area contributed by atoms with Crippen molar-refractivity contribution < 1.29 is 8.95 Å². The van der Waals surface area contributed by atoms with Crippen LogP contribution in [0.25, 0.3) is 0 Å². The van der Waals surface area contributed by atoms with Crippen molar-refractivity contribution in [2.75, 3.05) is 7.11 Å². The Kier molecular flexibility index (Phi) is 2.99. The summed E-state index contributed by atoms with van der Waals surface area (Å²) in [6, 6.07) is 5.42. The molecule has 0 aliphatic heterocycles. The Morgan fingerprint density at radius 3 is 2.83 bits per heavy atom. The zero-order valence-corrected chi connectivity index (χ0v) is 7.72. The fourth-order valence-electron chi connectivity index (χ4n) is 0.963. The van der Waals surface area contributed by atoms with Gasteiger partial charge in [0.2, 0.25) is 11.5 Å². The molecule has 0 fully saturated rings. The molecule has 0 saturated carbocycles. The first-order valence-electron chi connectivity index (χ1n) is 3.43. The Balaban J connectivity index is 3.22. The van der Waals surface area contributed by atoms with Gasteiger partial charge >= 0.3 is 0 Å². The van der Waals surface area contributed by atoms with Crippen LogP contribution in [0.1, 0.15) is 5.56 Å². The van der Waals surface area contributed by atoms with Gasteiger partial charge in [-0.3, -0.25) is 0 Å². The van der Waals surface area contributed by atoms with E-state index in [2.05, 4.69) is 4.36 Å². The van der Waals surface area contributed by atoms with E-state index in [9.17, 15) is 4.21 Å². The first-order valence-corrected chi connectivity index (χ1v) is 4.13. The average Bonchev–Trinajstić information content (AvgIpc) is 2.09. The lowest BCUT2D eigenvalue weighted by molar-refractivity contribution is 0.412. The molecule has 0 bridgehead atoms. The van der Waals surface area contributed by atoms with Gasteiger partial charge < -0.3 is 4.74 Å². The second-order valence-corrected chi connectivity index (χ2v) is 2.60. The van der Waals surface area contributed by atoms with Gasteiger partial charge in [-0.2, -0.15) is 8.57 Å². The van der Waals surface area contributed by atoms with Gasteiger partial charge in [0.25, 0.3) is 0 Å². The van der Waals surface area contributed by atoms with Crippen LogP contribution in [0.3, 0.4) is 0 Å². The molecule has 1 aromatic rings. The number of hydrogen-bond donors (Lipinski definition) is 0. The number of methoxy groups -OCH3 is 1. The Hall–Kier alpha value is -1.16. The van der Waals surface area contributed by atoms with Crippen molar-refractivity contribution in [3.05, 3.63) is 23.8 Å². The van der Waals surface area contributed by atoms with E-state index in [1.54, 1.807) is 19.2 Å². The van der Waals surface area contributed by atoms with Gasteiger partial charge in [0.15, 0.2) is 0 Å². The molecule has 12 heavy (non-hydrogen) atoms. The normalized spacial score (nSPS) is 9.17. The summed E-state index contributed by atoms with van der Waals surface area (Å²) in [6.45, 7) is 1.87. The second kappa shape index (κ2) is 4.01. The minimum atomic E-state index is 0.208. The number of benzene rings is 1. The van der Waals surface area contributed by atoms with Crippen LogP contribution in [0.5, 0.6) is 5.75 Å². The van der Waals surface area contributed by atoms with Crippen LogP contribution in [-0.4, -0.2) is 11.3 Å². The predicted molar refractivity (Wildman–Crippen MR) is 48.0 cm³/mol. The van der Waals surface area contributed by atoms with Crippen molar-refractivity contribution in [1.82, 2.24) is 0 Å². The van der Waals surface area contributed by atoms with E-state index in [0.29, 0.717) is 5.69 Å². The summed E-state index contributed by atoms with van der Waals surface area (Å²) in [5.74, 6) is 0.755. The van der Waals surface area contributed by atoms with Gasteiger partial charge in [0.05, 0.1) is 12.8 Å². The van der Waals surface area contributed by atoms with Crippen LogP contribution in [0.2, 0.25) is 0 Å². The largest absolute Gasteiger partial charge is 0.496 e. The standard InChI is InChI=1S/C8H9NO2S/c1-6-7(9-12-10)4-3-5-8(6)11-2/h3-5H,1-2H3. The van der Waals surface area contributed by atoms with Gasteiger partial charge in [0.1, 0.15) is 5.75 Å². The molecule has 0 spiro atoms. The third kappa shape index (κ3) is 1.71. The fourth-order valence-corrected chi connectivity index (χ4v) is 1.24. The Labute approximate surface area is 74.6 Å². The molecule has 0 aromatic heterocycles. The van der Waals surface area contributed by atoms with Crippen molar-refractivity contribution >= 4 is 17.2 Å². The van der Waals surface area contributed by atoms with Gasteiger partial charge in [-0.05, 0) is 19.1 Å². The number of rotatable bonds is 2. The molecule has 0 radical (unpaired) electrons. The van der Waals surface area contributed by atoms with Crippen molar-refractivity contribution in [1.29, 1.82) is 0 Å². The highest BCUT2D eigenvalue weighted by atomic mass is 32.1. The zero-order valence-electron chi connectivity index (χ0n) is 6.90. The maximum atomic E-state index is 10.2. The molecular formula is C8H9NO2S. The molecule has 0 unspecified atom stereocenters. The summed E-state index contributed by atoms with van der Waals surface area (Å²) < 4.78 is 18.9. The SMILES string of the molecule is COc1cccc(N=S=O)c1C. The lowest BCUT2D eigenvalue weighted by atomic mass is 10.2. The lowest BCUT2D eigenvalue weighted by Gasteiger charge is -2.04. The Bertz CT molecular complexity index is 332. The van der Waals surface area contributed by atoms with E-state index >= 15 is 0 Å². The van der Waals surface area contributed by atoms with Gasteiger partial charge in [0, 0.05) is 5.56 Å². The molecule has 0 aliphatic carbocycles. The molecule has 64 valence electrons. The molecular weight excluding hydrogens is 174 g/mol. The fraction of sp³-hybridized carbons (Fsp3) is 0.250. The molecule has 1 rings (SSSR count). The third-order valence-electron chi connectivity index (χ3n) is 1.61. The minimum Gasteiger partial charge on any atom is -0.496 e. The second-order valence-electron chi connectivity index (χ2n) is 2.27. The van der Waals surface area contributed by atoms with E-state index in [4.69, 9.17) is 4.74 Å². The highest BCUT2D eigenvalue weighted by Gasteiger charge is 2.01. The first-order chi connectivity index (χ1) is 5.79. The highest BCUT2D eigenvalue weighted by molar-refractivity contribution is 7.54. The third-order valence-corrected chi connectivity index (χ3v) is 1.88.